The predicted octanol–water partition coefficient (Wildman–Crippen LogP) is 6.64. The fraction of sp³-hybridized carbons (Fsp3) is 0.375. The molecule has 1 saturated carbocycles. The highest BCUT2D eigenvalue weighted by atomic mass is 35.5. The smallest absolute Gasteiger partial charge is 0.223 e. The minimum Gasteiger partial charge on any atom is -0.360 e. The second kappa shape index (κ2) is 9.80. The third-order valence-corrected chi connectivity index (χ3v) is 6.77. The number of anilines is 1. The SMILES string of the molecule is O=C(CC1[CH]CC[CH]C1)N1CCN(c2ccc(Cl)cc2Cl)[C@H](c2ccc(Cl)cc2)C1. The zero-order valence-corrected chi connectivity index (χ0v) is 19.0. The number of carbonyl (C=O) groups excluding carboxylic acids is 1. The summed E-state index contributed by atoms with van der Waals surface area (Å²) in [6, 6.07) is 13.4. The van der Waals surface area contributed by atoms with E-state index in [1.54, 1.807) is 6.07 Å². The van der Waals surface area contributed by atoms with Gasteiger partial charge in [0.15, 0.2) is 0 Å². The van der Waals surface area contributed by atoms with Gasteiger partial charge >= 0.3 is 0 Å². The van der Waals surface area contributed by atoms with E-state index in [1.165, 1.54) is 0 Å². The normalized spacial score (nSPS) is 20.4. The fourth-order valence-electron chi connectivity index (χ4n) is 4.38. The van der Waals surface area contributed by atoms with Crippen molar-refractivity contribution in [3.63, 3.8) is 0 Å². The molecule has 2 fully saturated rings. The molecule has 2 aromatic rings. The summed E-state index contributed by atoms with van der Waals surface area (Å²) in [5, 5.41) is 1.93. The summed E-state index contributed by atoms with van der Waals surface area (Å²) in [5.74, 6) is 0.594. The molecule has 2 aromatic carbocycles. The molecule has 6 heteroatoms. The van der Waals surface area contributed by atoms with Crippen LogP contribution in [0, 0.1) is 18.8 Å². The molecule has 4 rings (SSSR count). The average molecular weight is 464 g/mol. The lowest BCUT2D eigenvalue weighted by Gasteiger charge is -2.43. The molecule has 30 heavy (non-hydrogen) atoms. The van der Waals surface area contributed by atoms with Crippen LogP contribution < -0.4 is 4.90 Å². The molecule has 0 N–H and O–H groups in total. The van der Waals surface area contributed by atoms with Crippen LogP contribution in [0.5, 0.6) is 0 Å². The molecule has 1 unspecified atom stereocenters. The first kappa shape index (κ1) is 21.8. The number of amides is 1. The molecule has 158 valence electrons. The third kappa shape index (κ3) is 5.07. The number of nitrogens with zero attached hydrogens (tertiary/aromatic N) is 2. The number of hydrogen-bond acceptors (Lipinski definition) is 2. The second-order valence-corrected chi connectivity index (χ2v) is 9.28. The lowest BCUT2D eigenvalue weighted by molar-refractivity contribution is -0.132. The Balaban J connectivity index is 1.56. The maximum Gasteiger partial charge on any atom is 0.223 e. The van der Waals surface area contributed by atoms with E-state index < -0.39 is 0 Å². The topological polar surface area (TPSA) is 23.6 Å². The van der Waals surface area contributed by atoms with E-state index in [0.29, 0.717) is 47.0 Å². The maximum atomic E-state index is 13.1. The number of rotatable bonds is 4. The van der Waals surface area contributed by atoms with E-state index in [9.17, 15) is 4.79 Å². The molecule has 1 aliphatic heterocycles. The van der Waals surface area contributed by atoms with Crippen LogP contribution in [-0.2, 0) is 4.79 Å². The molecule has 1 heterocycles. The molecule has 1 amide bonds. The maximum absolute atomic E-state index is 13.1. The Morgan fingerprint density at radius 1 is 0.967 bits per heavy atom. The molecule has 0 spiro atoms. The van der Waals surface area contributed by atoms with E-state index in [2.05, 4.69) is 17.7 Å². The fourth-order valence-corrected chi connectivity index (χ4v) is 5.02. The molecular weight excluding hydrogens is 439 g/mol. The number of halogens is 3. The van der Waals surface area contributed by atoms with Crippen molar-refractivity contribution in [3.8, 4) is 0 Å². The van der Waals surface area contributed by atoms with Crippen LogP contribution in [0.1, 0.15) is 37.3 Å². The van der Waals surface area contributed by atoms with Crippen molar-refractivity contribution in [2.75, 3.05) is 24.5 Å². The largest absolute Gasteiger partial charge is 0.360 e. The number of carbonyl (C=O) groups is 1. The van der Waals surface area contributed by atoms with E-state index >= 15 is 0 Å². The van der Waals surface area contributed by atoms with E-state index in [-0.39, 0.29) is 11.9 Å². The molecule has 1 aliphatic carbocycles. The van der Waals surface area contributed by atoms with Crippen molar-refractivity contribution < 1.29 is 4.79 Å². The number of hydrogen-bond donors (Lipinski definition) is 0. The summed E-state index contributed by atoms with van der Waals surface area (Å²) >= 11 is 18.8. The average Bonchev–Trinajstić information content (AvgIpc) is 2.75. The Hall–Kier alpha value is -1.42. The molecule has 3 nitrogen and oxygen atoms in total. The van der Waals surface area contributed by atoms with Crippen molar-refractivity contribution in [2.45, 2.75) is 31.7 Å². The first-order chi connectivity index (χ1) is 14.5. The summed E-state index contributed by atoms with van der Waals surface area (Å²) in [5.41, 5.74) is 2.05. The van der Waals surface area contributed by atoms with Gasteiger partial charge in [-0.05, 0) is 73.9 Å². The lowest BCUT2D eigenvalue weighted by atomic mass is 9.86. The summed E-state index contributed by atoms with van der Waals surface area (Å²) in [4.78, 5) is 17.3. The molecule has 0 bridgehead atoms. The van der Waals surface area contributed by atoms with Gasteiger partial charge in [0.1, 0.15) is 0 Å². The molecule has 0 aromatic heterocycles. The Labute approximate surface area is 193 Å². The van der Waals surface area contributed by atoms with Crippen LogP contribution >= 0.6 is 34.8 Å². The second-order valence-electron chi connectivity index (χ2n) is 8.00. The van der Waals surface area contributed by atoms with Gasteiger partial charge in [-0.2, -0.15) is 0 Å². The van der Waals surface area contributed by atoms with Crippen LogP contribution in [-0.4, -0.2) is 30.4 Å². The molecule has 2 radical (unpaired) electrons. The molecule has 2 aliphatic rings. The van der Waals surface area contributed by atoms with Crippen molar-refractivity contribution >= 4 is 46.4 Å². The summed E-state index contributed by atoms with van der Waals surface area (Å²) < 4.78 is 0. The Morgan fingerprint density at radius 2 is 1.73 bits per heavy atom. The standard InChI is InChI=1S/C24H25Cl3N2O/c25-19-8-6-18(7-9-19)23-16-28(24(30)14-17-4-2-1-3-5-17)12-13-29(23)22-11-10-20(26)15-21(22)27/h2,5-11,15,17,23H,1,3-4,12-14,16H2/t17?,23-/m0/s1. The van der Waals surface area contributed by atoms with Gasteiger partial charge in [0.25, 0.3) is 0 Å². The minimum absolute atomic E-state index is 0.000500. The minimum atomic E-state index is 0.000500. The predicted molar refractivity (Wildman–Crippen MR) is 125 cm³/mol. The van der Waals surface area contributed by atoms with E-state index in [4.69, 9.17) is 34.8 Å². The Morgan fingerprint density at radius 3 is 2.43 bits per heavy atom. The Bertz CT molecular complexity index is 881. The summed E-state index contributed by atoms with van der Waals surface area (Å²) in [6.07, 6.45) is 8.41. The van der Waals surface area contributed by atoms with Gasteiger partial charge in [0.2, 0.25) is 5.91 Å². The van der Waals surface area contributed by atoms with Crippen molar-refractivity contribution in [1.82, 2.24) is 4.90 Å². The van der Waals surface area contributed by atoms with Gasteiger partial charge in [0.05, 0.1) is 16.8 Å². The van der Waals surface area contributed by atoms with Gasteiger partial charge in [-0.25, -0.2) is 0 Å². The lowest BCUT2D eigenvalue weighted by Crippen LogP contribution is -2.51. The summed E-state index contributed by atoms with van der Waals surface area (Å²) in [6.45, 7) is 2.01. The van der Waals surface area contributed by atoms with Crippen LogP contribution in [0.3, 0.4) is 0 Å². The Kier molecular flexibility index (Phi) is 7.12. The van der Waals surface area contributed by atoms with Crippen molar-refractivity contribution in [2.24, 2.45) is 5.92 Å². The number of piperazine rings is 1. The first-order valence-electron chi connectivity index (χ1n) is 10.4. The van der Waals surface area contributed by atoms with Crippen LogP contribution in [0.15, 0.2) is 42.5 Å². The van der Waals surface area contributed by atoms with Crippen LogP contribution in [0.25, 0.3) is 0 Å². The highest BCUT2D eigenvalue weighted by Gasteiger charge is 2.32. The van der Waals surface area contributed by atoms with Gasteiger partial charge in [-0.3, -0.25) is 4.79 Å². The van der Waals surface area contributed by atoms with Gasteiger partial charge < -0.3 is 9.80 Å². The van der Waals surface area contributed by atoms with Gasteiger partial charge in [-0.15, -0.1) is 0 Å². The molecular formula is C24H25Cl3N2O. The monoisotopic (exact) mass is 462 g/mol. The molecule has 2 atom stereocenters. The zero-order valence-electron chi connectivity index (χ0n) is 16.7. The van der Waals surface area contributed by atoms with E-state index in [0.717, 1.165) is 30.5 Å². The van der Waals surface area contributed by atoms with Gasteiger partial charge in [0, 0.05) is 36.1 Å². The summed E-state index contributed by atoms with van der Waals surface area (Å²) in [7, 11) is 0. The van der Waals surface area contributed by atoms with Crippen LogP contribution in [0.4, 0.5) is 5.69 Å². The highest BCUT2D eigenvalue weighted by molar-refractivity contribution is 6.36. The van der Waals surface area contributed by atoms with Crippen molar-refractivity contribution in [1.29, 1.82) is 0 Å². The molecule has 1 saturated heterocycles. The van der Waals surface area contributed by atoms with Crippen LogP contribution in [0.2, 0.25) is 15.1 Å². The number of benzene rings is 2. The van der Waals surface area contributed by atoms with Gasteiger partial charge in [-0.1, -0.05) is 46.9 Å². The first-order valence-corrected chi connectivity index (χ1v) is 11.5. The van der Waals surface area contributed by atoms with Crippen molar-refractivity contribution in [3.05, 3.63) is 75.9 Å². The zero-order chi connectivity index (χ0) is 21.1. The van der Waals surface area contributed by atoms with E-state index in [1.807, 2.05) is 41.3 Å². The highest BCUT2D eigenvalue weighted by Crippen LogP contribution is 2.37. The quantitative estimate of drug-likeness (QED) is 0.507. The third-order valence-electron chi connectivity index (χ3n) is 5.98.